The molecule has 0 saturated heterocycles. The molecule has 3 heteroatoms. The Balaban J connectivity index is 2.07. The fourth-order valence-corrected chi connectivity index (χ4v) is 3.19. The van der Waals surface area contributed by atoms with Crippen LogP contribution < -0.4 is 5.73 Å². The van der Waals surface area contributed by atoms with Crippen molar-refractivity contribution in [2.24, 2.45) is 11.7 Å². The van der Waals surface area contributed by atoms with Gasteiger partial charge in [0.15, 0.2) is 0 Å². The van der Waals surface area contributed by atoms with Crippen molar-refractivity contribution in [1.82, 2.24) is 0 Å². The summed E-state index contributed by atoms with van der Waals surface area (Å²) in [6.07, 6.45) is 0. The maximum absolute atomic E-state index is 9.01. The third kappa shape index (κ3) is 3.72. The minimum atomic E-state index is 0.0435. The van der Waals surface area contributed by atoms with Crippen molar-refractivity contribution < 1.29 is 5.11 Å². The molecular formula is C16H21NOS. The second-order valence-corrected chi connectivity index (χ2v) is 6.07. The normalized spacial score (nSPS) is 14.5. The summed E-state index contributed by atoms with van der Waals surface area (Å²) in [6.45, 7) is 2.30. The molecule has 0 aromatic heterocycles. The van der Waals surface area contributed by atoms with Crippen molar-refractivity contribution in [2.75, 3.05) is 18.1 Å². The van der Waals surface area contributed by atoms with E-state index in [1.165, 1.54) is 16.3 Å². The summed E-state index contributed by atoms with van der Waals surface area (Å²) in [4.78, 5) is 0. The lowest BCUT2D eigenvalue weighted by Crippen LogP contribution is -2.15. The Bertz CT molecular complexity index is 524. The summed E-state index contributed by atoms with van der Waals surface area (Å²) in [5, 5.41) is 11.5. The molecule has 0 aliphatic heterocycles. The van der Waals surface area contributed by atoms with E-state index in [2.05, 4.69) is 49.4 Å². The van der Waals surface area contributed by atoms with Gasteiger partial charge in [0.05, 0.1) is 0 Å². The van der Waals surface area contributed by atoms with Crippen LogP contribution in [0.15, 0.2) is 42.5 Å². The number of fused-ring (bicyclic) bond motifs is 1. The Labute approximate surface area is 119 Å². The van der Waals surface area contributed by atoms with E-state index in [1.54, 1.807) is 0 Å². The van der Waals surface area contributed by atoms with Gasteiger partial charge in [-0.3, -0.25) is 0 Å². The highest BCUT2D eigenvalue weighted by molar-refractivity contribution is 7.99. The molecule has 0 saturated carbocycles. The van der Waals surface area contributed by atoms with Gasteiger partial charge in [-0.1, -0.05) is 49.4 Å². The largest absolute Gasteiger partial charge is 0.396 e. The van der Waals surface area contributed by atoms with Gasteiger partial charge in [0.25, 0.3) is 0 Å². The summed E-state index contributed by atoms with van der Waals surface area (Å²) in [6, 6.07) is 14.7. The minimum Gasteiger partial charge on any atom is -0.396 e. The van der Waals surface area contributed by atoms with Crippen LogP contribution in [0.4, 0.5) is 0 Å². The third-order valence-corrected chi connectivity index (χ3v) is 4.63. The quantitative estimate of drug-likeness (QED) is 0.851. The van der Waals surface area contributed by atoms with E-state index in [-0.39, 0.29) is 12.6 Å². The maximum atomic E-state index is 9.01. The molecule has 3 N–H and O–H groups in total. The van der Waals surface area contributed by atoms with Crippen LogP contribution in [0.2, 0.25) is 0 Å². The Morgan fingerprint density at radius 2 is 1.84 bits per heavy atom. The van der Waals surface area contributed by atoms with E-state index in [0.29, 0.717) is 5.92 Å². The van der Waals surface area contributed by atoms with Crippen molar-refractivity contribution in [3.05, 3.63) is 48.0 Å². The SMILES string of the molecule is CC(CO)CSCC(N)c1cccc2ccccc12. The van der Waals surface area contributed by atoms with Crippen LogP contribution in [0.25, 0.3) is 10.8 Å². The molecule has 0 fully saturated rings. The van der Waals surface area contributed by atoms with Crippen LogP contribution in [0.5, 0.6) is 0 Å². The first kappa shape index (κ1) is 14.4. The second-order valence-electron chi connectivity index (χ2n) is 5.00. The minimum absolute atomic E-state index is 0.0435. The molecular weight excluding hydrogens is 254 g/mol. The second kappa shape index (κ2) is 6.94. The fraction of sp³-hybridized carbons (Fsp3) is 0.375. The predicted molar refractivity (Wildman–Crippen MR) is 84.5 cm³/mol. The van der Waals surface area contributed by atoms with Gasteiger partial charge < -0.3 is 10.8 Å². The van der Waals surface area contributed by atoms with Gasteiger partial charge in [-0.05, 0) is 28.0 Å². The van der Waals surface area contributed by atoms with Gasteiger partial charge in [0.2, 0.25) is 0 Å². The summed E-state index contributed by atoms with van der Waals surface area (Å²) in [5.74, 6) is 2.18. The Morgan fingerprint density at radius 1 is 1.11 bits per heavy atom. The molecule has 0 bridgehead atoms. The van der Waals surface area contributed by atoms with Crippen LogP contribution in [0.3, 0.4) is 0 Å². The molecule has 102 valence electrons. The number of nitrogens with two attached hydrogens (primary N) is 1. The van der Waals surface area contributed by atoms with Gasteiger partial charge in [0.1, 0.15) is 0 Å². The molecule has 2 rings (SSSR count). The van der Waals surface area contributed by atoms with E-state index in [9.17, 15) is 0 Å². The van der Waals surface area contributed by atoms with Crippen molar-refractivity contribution in [3.63, 3.8) is 0 Å². The van der Waals surface area contributed by atoms with Gasteiger partial charge in [-0.2, -0.15) is 11.8 Å². The zero-order valence-electron chi connectivity index (χ0n) is 11.3. The zero-order valence-corrected chi connectivity index (χ0v) is 12.1. The van der Waals surface area contributed by atoms with Gasteiger partial charge in [-0.15, -0.1) is 0 Å². The van der Waals surface area contributed by atoms with Crippen LogP contribution in [-0.2, 0) is 0 Å². The van der Waals surface area contributed by atoms with Crippen molar-refractivity contribution >= 4 is 22.5 Å². The third-order valence-electron chi connectivity index (χ3n) is 3.23. The Hall–Kier alpha value is -1.03. The molecule has 0 heterocycles. The van der Waals surface area contributed by atoms with E-state index in [4.69, 9.17) is 10.8 Å². The summed E-state index contributed by atoms with van der Waals surface area (Å²) in [7, 11) is 0. The smallest absolute Gasteiger partial charge is 0.0464 e. The topological polar surface area (TPSA) is 46.2 Å². The van der Waals surface area contributed by atoms with Crippen LogP contribution in [0, 0.1) is 5.92 Å². The van der Waals surface area contributed by atoms with Gasteiger partial charge in [-0.25, -0.2) is 0 Å². The summed E-state index contributed by atoms with van der Waals surface area (Å²) >= 11 is 1.81. The van der Waals surface area contributed by atoms with Crippen LogP contribution in [-0.4, -0.2) is 23.2 Å². The molecule has 0 aliphatic rings. The van der Waals surface area contributed by atoms with Crippen molar-refractivity contribution in [2.45, 2.75) is 13.0 Å². The molecule has 0 amide bonds. The predicted octanol–water partition coefficient (Wildman–Crippen LogP) is 3.20. The number of rotatable bonds is 6. The number of benzene rings is 2. The number of hydrogen-bond donors (Lipinski definition) is 2. The number of hydrogen-bond acceptors (Lipinski definition) is 3. The molecule has 0 spiro atoms. The lowest BCUT2D eigenvalue weighted by molar-refractivity contribution is 0.250. The van der Waals surface area contributed by atoms with E-state index >= 15 is 0 Å². The van der Waals surface area contributed by atoms with Crippen molar-refractivity contribution in [1.29, 1.82) is 0 Å². The highest BCUT2D eigenvalue weighted by Crippen LogP contribution is 2.25. The first-order chi connectivity index (χ1) is 9.22. The number of thioether (sulfide) groups is 1. The molecule has 2 atom stereocenters. The average molecular weight is 275 g/mol. The molecule has 2 unspecified atom stereocenters. The molecule has 19 heavy (non-hydrogen) atoms. The van der Waals surface area contributed by atoms with Crippen molar-refractivity contribution in [3.8, 4) is 0 Å². The van der Waals surface area contributed by atoms with Gasteiger partial charge >= 0.3 is 0 Å². The van der Waals surface area contributed by atoms with Gasteiger partial charge in [0, 0.05) is 18.4 Å². The number of aliphatic hydroxyl groups excluding tert-OH is 1. The monoisotopic (exact) mass is 275 g/mol. The molecule has 2 nitrogen and oxygen atoms in total. The summed E-state index contributed by atoms with van der Waals surface area (Å²) < 4.78 is 0. The van der Waals surface area contributed by atoms with E-state index in [0.717, 1.165) is 11.5 Å². The Morgan fingerprint density at radius 3 is 2.63 bits per heavy atom. The fourth-order valence-electron chi connectivity index (χ4n) is 2.11. The standard InChI is InChI=1S/C16H21NOS/c1-12(9-18)10-19-11-16(17)15-8-4-6-13-5-2-3-7-14(13)15/h2-8,12,16,18H,9-11,17H2,1H3. The van der Waals surface area contributed by atoms with E-state index in [1.807, 2.05) is 11.8 Å². The highest BCUT2D eigenvalue weighted by atomic mass is 32.2. The maximum Gasteiger partial charge on any atom is 0.0464 e. The lowest BCUT2D eigenvalue weighted by Gasteiger charge is -2.15. The molecule has 2 aromatic rings. The average Bonchev–Trinajstić information content (AvgIpc) is 2.46. The first-order valence-electron chi connectivity index (χ1n) is 6.64. The molecule has 0 radical (unpaired) electrons. The zero-order chi connectivity index (χ0) is 13.7. The highest BCUT2D eigenvalue weighted by Gasteiger charge is 2.10. The van der Waals surface area contributed by atoms with Crippen LogP contribution in [0.1, 0.15) is 18.5 Å². The Kier molecular flexibility index (Phi) is 5.25. The molecule has 0 aliphatic carbocycles. The number of aliphatic hydroxyl groups is 1. The lowest BCUT2D eigenvalue weighted by atomic mass is 10.0. The molecule has 2 aromatic carbocycles. The van der Waals surface area contributed by atoms with E-state index < -0.39 is 0 Å². The first-order valence-corrected chi connectivity index (χ1v) is 7.79. The summed E-state index contributed by atoms with van der Waals surface area (Å²) in [5.41, 5.74) is 7.52. The van der Waals surface area contributed by atoms with Crippen LogP contribution >= 0.6 is 11.8 Å².